The first-order valence-electron chi connectivity index (χ1n) is 7.93. The molecule has 21 heavy (non-hydrogen) atoms. The third-order valence-electron chi connectivity index (χ3n) is 4.60. The van der Waals surface area contributed by atoms with Gasteiger partial charge in [-0.2, -0.15) is 0 Å². The van der Waals surface area contributed by atoms with E-state index in [1.54, 1.807) is 0 Å². The van der Waals surface area contributed by atoms with E-state index in [9.17, 15) is 4.79 Å². The molecule has 0 radical (unpaired) electrons. The van der Waals surface area contributed by atoms with Crippen LogP contribution >= 0.6 is 15.9 Å². The van der Waals surface area contributed by atoms with Crippen LogP contribution in [-0.2, 0) is 0 Å². The smallest absolute Gasteiger partial charge is 0.255 e. The summed E-state index contributed by atoms with van der Waals surface area (Å²) in [5.41, 5.74) is 1.90. The van der Waals surface area contributed by atoms with Crippen molar-refractivity contribution < 1.29 is 4.79 Å². The van der Waals surface area contributed by atoms with Gasteiger partial charge in [0.25, 0.3) is 5.91 Å². The molecule has 0 spiro atoms. The predicted octanol–water partition coefficient (Wildman–Crippen LogP) is 3.36. The zero-order chi connectivity index (χ0) is 14.8. The highest BCUT2D eigenvalue weighted by Gasteiger charge is 2.27. The molecule has 1 aliphatic carbocycles. The van der Waals surface area contributed by atoms with Crippen molar-refractivity contribution in [1.82, 2.24) is 10.2 Å². The maximum Gasteiger partial charge on any atom is 0.255 e. The minimum atomic E-state index is 0.159. The molecule has 1 aliphatic heterocycles. The van der Waals surface area contributed by atoms with E-state index < -0.39 is 0 Å². The first-order chi connectivity index (χ1) is 10.1. The summed E-state index contributed by atoms with van der Waals surface area (Å²) in [4.78, 5) is 14.6. The maximum atomic E-state index is 12.6. The zero-order valence-electron chi connectivity index (χ0n) is 12.6. The minimum Gasteiger partial charge on any atom is -0.338 e. The van der Waals surface area contributed by atoms with Crippen molar-refractivity contribution in [3.8, 4) is 0 Å². The number of rotatable bonds is 4. The number of amides is 1. The Balaban J connectivity index is 1.55. The Morgan fingerprint density at radius 3 is 2.67 bits per heavy atom. The van der Waals surface area contributed by atoms with Gasteiger partial charge < -0.3 is 10.2 Å². The monoisotopic (exact) mass is 350 g/mol. The highest BCUT2D eigenvalue weighted by molar-refractivity contribution is 9.10. The van der Waals surface area contributed by atoms with Crippen molar-refractivity contribution in [3.63, 3.8) is 0 Å². The number of hydrogen-bond acceptors (Lipinski definition) is 2. The van der Waals surface area contributed by atoms with Gasteiger partial charge in [-0.15, -0.1) is 0 Å². The van der Waals surface area contributed by atoms with Gasteiger partial charge in [-0.25, -0.2) is 0 Å². The number of carbonyl (C=O) groups is 1. The zero-order valence-corrected chi connectivity index (χ0v) is 14.2. The van der Waals surface area contributed by atoms with E-state index in [-0.39, 0.29) is 5.91 Å². The fourth-order valence-corrected chi connectivity index (χ4v) is 3.36. The third kappa shape index (κ3) is 3.67. The molecule has 0 unspecified atom stereocenters. The average Bonchev–Trinajstić information content (AvgIpc) is 3.32. The molecule has 4 heteroatoms. The molecule has 1 amide bonds. The van der Waals surface area contributed by atoms with Crippen LogP contribution in [0.15, 0.2) is 22.7 Å². The molecule has 0 bridgehead atoms. The van der Waals surface area contributed by atoms with Gasteiger partial charge in [0.1, 0.15) is 0 Å². The largest absolute Gasteiger partial charge is 0.338 e. The van der Waals surface area contributed by atoms with Crippen molar-refractivity contribution in [2.75, 3.05) is 19.6 Å². The average molecular weight is 351 g/mol. The lowest BCUT2D eigenvalue weighted by Crippen LogP contribution is -2.45. The molecule has 1 heterocycles. The number of benzene rings is 1. The van der Waals surface area contributed by atoms with Crippen LogP contribution in [0.3, 0.4) is 0 Å². The summed E-state index contributed by atoms with van der Waals surface area (Å²) in [6, 6.07) is 6.49. The molecular weight excluding hydrogens is 328 g/mol. The fourth-order valence-electron chi connectivity index (χ4n) is 2.92. The van der Waals surface area contributed by atoms with Crippen LogP contribution in [0.4, 0.5) is 0 Å². The summed E-state index contributed by atoms with van der Waals surface area (Å²) in [6.07, 6.45) is 4.93. The second-order valence-electron chi connectivity index (χ2n) is 6.35. The number of likely N-dealkylation sites (tertiary alicyclic amines) is 1. The van der Waals surface area contributed by atoms with Gasteiger partial charge in [0, 0.05) is 23.6 Å². The standard InChI is InChI=1S/C17H23BrN2O/c1-12-3-2-4-15(16(12)18)17(21)20-9-7-14(8-10-20)19-11-13-5-6-13/h2-4,13-14,19H,5-11H2,1H3. The van der Waals surface area contributed by atoms with E-state index in [4.69, 9.17) is 0 Å². The Morgan fingerprint density at radius 2 is 2.00 bits per heavy atom. The number of hydrogen-bond donors (Lipinski definition) is 1. The lowest BCUT2D eigenvalue weighted by Gasteiger charge is -2.33. The van der Waals surface area contributed by atoms with Crippen LogP contribution in [0.5, 0.6) is 0 Å². The van der Waals surface area contributed by atoms with Crippen molar-refractivity contribution in [2.24, 2.45) is 5.92 Å². The minimum absolute atomic E-state index is 0.159. The maximum absolute atomic E-state index is 12.6. The van der Waals surface area contributed by atoms with E-state index in [1.807, 2.05) is 30.0 Å². The van der Waals surface area contributed by atoms with E-state index in [0.29, 0.717) is 6.04 Å². The Morgan fingerprint density at radius 1 is 1.29 bits per heavy atom. The Kier molecular flexibility index (Phi) is 4.65. The molecule has 1 saturated heterocycles. The second-order valence-corrected chi connectivity index (χ2v) is 7.15. The molecule has 3 rings (SSSR count). The fraction of sp³-hybridized carbons (Fsp3) is 0.588. The van der Waals surface area contributed by atoms with Crippen LogP contribution in [0.1, 0.15) is 41.6 Å². The van der Waals surface area contributed by atoms with Gasteiger partial charge in [0.05, 0.1) is 5.56 Å². The molecule has 0 aromatic heterocycles. The van der Waals surface area contributed by atoms with Crippen LogP contribution in [0, 0.1) is 12.8 Å². The molecule has 1 N–H and O–H groups in total. The summed E-state index contributed by atoms with van der Waals surface area (Å²) in [6.45, 7) is 4.92. The predicted molar refractivity (Wildman–Crippen MR) is 88.5 cm³/mol. The van der Waals surface area contributed by atoms with E-state index >= 15 is 0 Å². The molecule has 1 saturated carbocycles. The quantitative estimate of drug-likeness (QED) is 0.902. The van der Waals surface area contributed by atoms with Crippen LogP contribution < -0.4 is 5.32 Å². The molecule has 114 valence electrons. The molecule has 2 fully saturated rings. The number of nitrogens with one attached hydrogen (secondary N) is 1. The van der Waals surface area contributed by atoms with Crippen LogP contribution in [0.2, 0.25) is 0 Å². The molecule has 3 nitrogen and oxygen atoms in total. The summed E-state index contributed by atoms with van der Waals surface area (Å²) < 4.78 is 0.934. The van der Waals surface area contributed by atoms with E-state index in [0.717, 1.165) is 47.4 Å². The highest BCUT2D eigenvalue weighted by atomic mass is 79.9. The van der Waals surface area contributed by atoms with Gasteiger partial charge in [-0.3, -0.25) is 4.79 Å². The summed E-state index contributed by atoms with van der Waals surface area (Å²) in [5, 5.41) is 3.66. The lowest BCUT2D eigenvalue weighted by atomic mass is 10.0. The Bertz CT molecular complexity index is 520. The highest BCUT2D eigenvalue weighted by Crippen LogP contribution is 2.28. The van der Waals surface area contributed by atoms with Crippen molar-refractivity contribution in [2.45, 2.75) is 38.6 Å². The van der Waals surface area contributed by atoms with Crippen molar-refractivity contribution in [3.05, 3.63) is 33.8 Å². The van der Waals surface area contributed by atoms with E-state index in [1.165, 1.54) is 19.4 Å². The van der Waals surface area contributed by atoms with Gasteiger partial charge in [-0.05, 0) is 72.6 Å². The van der Waals surface area contributed by atoms with Crippen molar-refractivity contribution >= 4 is 21.8 Å². The first-order valence-corrected chi connectivity index (χ1v) is 8.72. The molecule has 0 atom stereocenters. The molecule has 2 aliphatic rings. The van der Waals surface area contributed by atoms with Gasteiger partial charge in [0.2, 0.25) is 0 Å². The third-order valence-corrected chi connectivity index (χ3v) is 5.65. The van der Waals surface area contributed by atoms with Crippen molar-refractivity contribution in [1.29, 1.82) is 0 Å². The van der Waals surface area contributed by atoms with Gasteiger partial charge in [-0.1, -0.05) is 12.1 Å². The number of piperidine rings is 1. The molecular formula is C17H23BrN2O. The number of halogens is 1. The normalized spacial score (nSPS) is 19.8. The van der Waals surface area contributed by atoms with Crippen LogP contribution in [0.25, 0.3) is 0 Å². The van der Waals surface area contributed by atoms with Gasteiger partial charge >= 0.3 is 0 Å². The molecule has 1 aromatic carbocycles. The van der Waals surface area contributed by atoms with Gasteiger partial charge in [0.15, 0.2) is 0 Å². The topological polar surface area (TPSA) is 32.3 Å². The Labute approximate surface area is 135 Å². The number of aryl methyl sites for hydroxylation is 1. The lowest BCUT2D eigenvalue weighted by molar-refractivity contribution is 0.0704. The number of nitrogens with zero attached hydrogens (tertiary/aromatic N) is 1. The number of carbonyl (C=O) groups excluding carboxylic acids is 1. The summed E-state index contributed by atoms with van der Waals surface area (Å²) in [5.74, 6) is 1.08. The second kappa shape index (κ2) is 6.49. The van der Waals surface area contributed by atoms with Crippen LogP contribution in [-0.4, -0.2) is 36.5 Å². The summed E-state index contributed by atoms with van der Waals surface area (Å²) >= 11 is 3.55. The first kappa shape index (κ1) is 15.0. The Hall–Kier alpha value is -0.870. The SMILES string of the molecule is Cc1cccc(C(=O)N2CCC(NCC3CC3)CC2)c1Br. The van der Waals surface area contributed by atoms with E-state index in [2.05, 4.69) is 21.2 Å². The molecule has 1 aromatic rings. The summed E-state index contributed by atoms with van der Waals surface area (Å²) in [7, 11) is 0.